The molecule has 224 valence electrons. The van der Waals surface area contributed by atoms with E-state index in [1.54, 1.807) is 0 Å². The van der Waals surface area contributed by atoms with Gasteiger partial charge in [0.2, 0.25) is 0 Å². The SMILES string of the molecule is CC1CC(CC2CC(C)C(N)C(C)C2)CC(C)C1N.CCC1CC(CC2CCC(N)C(CC)C2)CCC1N. The van der Waals surface area contributed by atoms with Crippen LogP contribution in [0.1, 0.15) is 131 Å². The second-order valence-electron chi connectivity index (χ2n) is 15.2. The average Bonchev–Trinajstić information content (AvgIpc) is 2.88. The monoisotopic (exact) mass is 533 g/mol. The van der Waals surface area contributed by atoms with Gasteiger partial charge in [0.15, 0.2) is 0 Å². The lowest BCUT2D eigenvalue weighted by molar-refractivity contribution is 0.118. The van der Waals surface area contributed by atoms with Gasteiger partial charge in [0.05, 0.1) is 0 Å². The topological polar surface area (TPSA) is 104 Å². The minimum atomic E-state index is 0.425. The highest BCUT2D eigenvalue weighted by atomic mass is 14.7. The summed E-state index contributed by atoms with van der Waals surface area (Å²) < 4.78 is 0. The van der Waals surface area contributed by atoms with Crippen molar-refractivity contribution in [3.05, 3.63) is 0 Å². The van der Waals surface area contributed by atoms with Crippen LogP contribution >= 0.6 is 0 Å². The summed E-state index contributed by atoms with van der Waals surface area (Å²) in [6.45, 7) is 14.0. The van der Waals surface area contributed by atoms with E-state index in [-0.39, 0.29) is 0 Å². The first-order valence-corrected chi connectivity index (χ1v) is 17.0. The molecule has 0 amide bonds. The third-order valence-electron chi connectivity index (χ3n) is 12.1. The zero-order chi connectivity index (χ0) is 28.0. The van der Waals surface area contributed by atoms with E-state index in [1.165, 1.54) is 89.9 Å². The van der Waals surface area contributed by atoms with Gasteiger partial charge in [0.1, 0.15) is 0 Å². The molecule has 4 rings (SSSR count). The summed E-state index contributed by atoms with van der Waals surface area (Å²) in [5.41, 5.74) is 25.0. The molecular formula is C34H68N4. The first kappa shape index (κ1) is 32.4. The second kappa shape index (κ2) is 15.2. The first-order valence-electron chi connectivity index (χ1n) is 17.0. The minimum absolute atomic E-state index is 0.425. The van der Waals surface area contributed by atoms with Crippen LogP contribution in [-0.4, -0.2) is 24.2 Å². The molecule has 4 aliphatic carbocycles. The third-order valence-corrected chi connectivity index (χ3v) is 12.1. The molecule has 4 fully saturated rings. The summed E-state index contributed by atoms with van der Waals surface area (Å²) in [6, 6.07) is 1.80. The summed E-state index contributed by atoms with van der Waals surface area (Å²) in [4.78, 5) is 0. The van der Waals surface area contributed by atoms with Crippen LogP contribution in [0.4, 0.5) is 0 Å². The van der Waals surface area contributed by atoms with Crippen LogP contribution < -0.4 is 22.9 Å². The molecule has 38 heavy (non-hydrogen) atoms. The van der Waals surface area contributed by atoms with Crippen LogP contribution in [-0.2, 0) is 0 Å². The van der Waals surface area contributed by atoms with E-state index in [0.29, 0.717) is 47.8 Å². The smallest absolute Gasteiger partial charge is 0.00905 e. The Hall–Kier alpha value is -0.160. The van der Waals surface area contributed by atoms with Gasteiger partial charge in [0, 0.05) is 24.2 Å². The highest BCUT2D eigenvalue weighted by Crippen LogP contribution is 2.42. The highest BCUT2D eigenvalue weighted by Gasteiger charge is 2.36. The van der Waals surface area contributed by atoms with Crippen LogP contribution in [0.5, 0.6) is 0 Å². The van der Waals surface area contributed by atoms with Gasteiger partial charge in [-0.1, -0.05) is 54.4 Å². The summed E-state index contributed by atoms with van der Waals surface area (Å²) in [7, 11) is 0. The maximum absolute atomic E-state index is 6.26. The maximum atomic E-state index is 6.26. The lowest BCUT2D eigenvalue weighted by Crippen LogP contribution is -2.43. The molecule has 4 heteroatoms. The second-order valence-corrected chi connectivity index (χ2v) is 15.2. The van der Waals surface area contributed by atoms with Gasteiger partial charge in [-0.05, 0) is 136 Å². The number of nitrogens with two attached hydrogens (primary N) is 4. The summed E-state index contributed by atoms with van der Waals surface area (Å²) >= 11 is 0. The Kier molecular flexibility index (Phi) is 12.9. The van der Waals surface area contributed by atoms with Crippen molar-refractivity contribution in [3.63, 3.8) is 0 Å². The van der Waals surface area contributed by atoms with Crippen LogP contribution in [0, 0.1) is 59.2 Å². The Balaban J connectivity index is 0.000000211. The third kappa shape index (κ3) is 8.92. The molecule has 0 aromatic heterocycles. The molecule has 0 radical (unpaired) electrons. The Morgan fingerprint density at radius 3 is 1.08 bits per heavy atom. The fourth-order valence-electron chi connectivity index (χ4n) is 9.51. The van der Waals surface area contributed by atoms with Crippen molar-refractivity contribution < 1.29 is 0 Å². The van der Waals surface area contributed by atoms with Gasteiger partial charge in [-0.15, -0.1) is 0 Å². The van der Waals surface area contributed by atoms with Gasteiger partial charge < -0.3 is 22.9 Å². The van der Waals surface area contributed by atoms with Crippen molar-refractivity contribution >= 4 is 0 Å². The molecule has 4 nitrogen and oxygen atoms in total. The summed E-state index contributed by atoms with van der Waals surface area (Å²) in [5, 5.41) is 0. The Labute approximate surface area is 237 Å². The molecule has 0 aromatic rings. The molecule has 0 saturated heterocycles. The zero-order valence-corrected chi connectivity index (χ0v) is 26.3. The Bertz CT molecular complexity index is 591. The van der Waals surface area contributed by atoms with Crippen molar-refractivity contribution in [2.75, 3.05) is 0 Å². The molecular weight excluding hydrogens is 464 g/mol. The van der Waals surface area contributed by atoms with Crippen LogP contribution in [0.25, 0.3) is 0 Å². The zero-order valence-electron chi connectivity index (χ0n) is 26.3. The van der Waals surface area contributed by atoms with E-state index in [4.69, 9.17) is 22.9 Å². The van der Waals surface area contributed by atoms with Gasteiger partial charge in [-0.2, -0.15) is 0 Å². The lowest BCUT2D eigenvalue weighted by Gasteiger charge is -2.42. The quantitative estimate of drug-likeness (QED) is 0.293. The van der Waals surface area contributed by atoms with E-state index in [9.17, 15) is 0 Å². The van der Waals surface area contributed by atoms with Crippen LogP contribution in [0.2, 0.25) is 0 Å². The minimum Gasteiger partial charge on any atom is -0.327 e. The lowest BCUT2D eigenvalue weighted by atomic mass is 9.66. The van der Waals surface area contributed by atoms with Gasteiger partial charge in [-0.3, -0.25) is 0 Å². The van der Waals surface area contributed by atoms with Crippen LogP contribution in [0.3, 0.4) is 0 Å². The fraction of sp³-hybridized carbons (Fsp3) is 1.00. The highest BCUT2D eigenvalue weighted by molar-refractivity contribution is 4.90. The van der Waals surface area contributed by atoms with E-state index in [0.717, 1.165) is 35.5 Å². The maximum Gasteiger partial charge on any atom is 0.00905 e. The van der Waals surface area contributed by atoms with Crippen LogP contribution in [0.15, 0.2) is 0 Å². The molecule has 0 bridgehead atoms. The molecule has 0 aromatic carbocycles. The number of hydrogen-bond donors (Lipinski definition) is 4. The molecule has 0 spiro atoms. The molecule has 10 atom stereocenters. The summed E-state index contributed by atoms with van der Waals surface area (Å²) in [6.07, 6.45) is 18.8. The van der Waals surface area contributed by atoms with E-state index >= 15 is 0 Å². The van der Waals surface area contributed by atoms with E-state index in [1.807, 2.05) is 0 Å². The predicted molar refractivity (Wildman–Crippen MR) is 165 cm³/mol. The molecule has 8 N–H and O–H groups in total. The van der Waals surface area contributed by atoms with Crippen molar-refractivity contribution in [2.45, 2.75) is 156 Å². The first-order chi connectivity index (χ1) is 18.0. The number of rotatable bonds is 6. The fourth-order valence-corrected chi connectivity index (χ4v) is 9.51. The Morgan fingerprint density at radius 1 is 0.447 bits per heavy atom. The predicted octanol–water partition coefficient (Wildman–Crippen LogP) is 7.08. The summed E-state index contributed by atoms with van der Waals surface area (Å²) in [5.74, 6) is 8.08. The van der Waals surface area contributed by atoms with Crippen molar-refractivity contribution in [1.29, 1.82) is 0 Å². The normalized spacial score (nSPS) is 48.2. The van der Waals surface area contributed by atoms with Crippen molar-refractivity contribution in [2.24, 2.45) is 82.1 Å². The molecule has 10 unspecified atom stereocenters. The van der Waals surface area contributed by atoms with Gasteiger partial charge >= 0.3 is 0 Å². The number of hydrogen-bond acceptors (Lipinski definition) is 4. The van der Waals surface area contributed by atoms with E-state index < -0.39 is 0 Å². The molecule has 0 heterocycles. The van der Waals surface area contributed by atoms with Crippen molar-refractivity contribution in [1.82, 2.24) is 0 Å². The average molecular weight is 533 g/mol. The largest absolute Gasteiger partial charge is 0.327 e. The standard InChI is InChI=1S/2C17H34N2/c1-10-5-14(6-11(2)16(10)18)9-15-7-12(3)17(19)13(4)8-15;1-3-14-10-12(5-7-16(14)18)9-13-6-8-17(19)15(4-2)11-13/h10-17H,5-9,18-19H2,1-4H3;12-17H,3-11,18-19H2,1-2H3. The van der Waals surface area contributed by atoms with Crippen molar-refractivity contribution in [3.8, 4) is 0 Å². The van der Waals surface area contributed by atoms with Gasteiger partial charge in [-0.25, -0.2) is 0 Å². The Morgan fingerprint density at radius 2 is 0.763 bits per heavy atom. The molecule has 4 aliphatic rings. The molecule has 0 aliphatic heterocycles. The molecule has 4 saturated carbocycles. The van der Waals surface area contributed by atoms with Gasteiger partial charge in [0.25, 0.3) is 0 Å². The van der Waals surface area contributed by atoms with E-state index in [2.05, 4.69) is 41.5 Å².